The molecule has 3 heterocycles. The van der Waals surface area contributed by atoms with E-state index in [4.69, 9.17) is 24.6 Å². The fourth-order valence-electron chi connectivity index (χ4n) is 4.77. The van der Waals surface area contributed by atoms with Crippen LogP contribution in [0.1, 0.15) is 39.8 Å². The fraction of sp³-hybridized carbons (Fsp3) is 0.630. The Balaban J connectivity index is 1.49. The van der Waals surface area contributed by atoms with E-state index in [2.05, 4.69) is 34.4 Å². The summed E-state index contributed by atoms with van der Waals surface area (Å²) in [5, 5.41) is 34.9. The first-order chi connectivity index (χ1) is 25.9. The van der Waals surface area contributed by atoms with Crippen LogP contribution in [0.5, 0.6) is 0 Å². The molecular formula is C27H44N7O18P3S. The van der Waals surface area contributed by atoms with Gasteiger partial charge in [-0.1, -0.05) is 31.2 Å². The second kappa shape index (κ2) is 20.3. The molecule has 3 rings (SSSR count). The number of nitrogens with two attached hydrogens (primary N) is 1. The summed E-state index contributed by atoms with van der Waals surface area (Å²) in [5.41, 5.74) is 4.95. The highest BCUT2D eigenvalue weighted by Gasteiger charge is 2.50. The number of carbonyl (C=O) groups excluding carboxylic acids is 3. The number of nitrogens with zero attached hydrogens (tertiary/aromatic N) is 4. The summed E-state index contributed by atoms with van der Waals surface area (Å²) in [6, 6.07) is 0. The van der Waals surface area contributed by atoms with Crippen LogP contribution >= 0.6 is 35.2 Å². The highest BCUT2D eigenvalue weighted by molar-refractivity contribution is 8.14. The van der Waals surface area contributed by atoms with Gasteiger partial charge in [0.25, 0.3) is 0 Å². The molecule has 0 spiro atoms. The van der Waals surface area contributed by atoms with Gasteiger partial charge in [-0.15, -0.1) is 0 Å². The maximum absolute atomic E-state index is 12.7. The number of carbonyl (C=O) groups is 3. The number of anilines is 1. The van der Waals surface area contributed by atoms with E-state index in [0.29, 0.717) is 12.0 Å². The predicted octanol–water partition coefficient (Wildman–Crippen LogP) is -1.01. The number of amides is 2. The maximum atomic E-state index is 12.7. The smallest absolute Gasteiger partial charge is 0.396 e. The fourth-order valence-corrected chi connectivity index (χ4v) is 8.29. The number of imidazole rings is 1. The average molecular weight is 880 g/mol. The number of hydrogen-bond acceptors (Lipinski definition) is 19. The van der Waals surface area contributed by atoms with Gasteiger partial charge >= 0.3 is 23.5 Å². The molecule has 1 saturated heterocycles. The van der Waals surface area contributed by atoms with E-state index >= 15 is 0 Å². The molecule has 29 heteroatoms. The Bertz CT molecular complexity index is 1880. The van der Waals surface area contributed by atoms with Crippen molar-refractivity contribution in [3.63, 3.8) is 0 Å². The third kappa shape index (κ3) is 14.6. The highest BCUT2D eigenvalue weighted by Crippen LogP contribution is 2.61. The number of phosphoric ester groups is 3. The Labute approximate surface area is 322 Å². The van der Waals surface area contributed by atoms with Gasteiger partial charge in [0.05, 0.1) is 19.5 Å². The Hall–Kier alpha value is -2.74. The van der Waals surface area contributed by atoms with E-state index in [1.165, 1.54) is 19.9 Å². The van der Waals surface area contributed by atoms with E-state index in [-0.39, 0.29) is 54.0 Å². The molecular weight excluding hydrogens is 835 g/mol. The molecule has 1 aliphatic heterocycles. The topological polar surface area (TPSA) is 384 Å². The van der Waals surface area contributed by atoms with Crippen molar-refractivity contribution in [1.82, 2.24) is 30.2 Å². The van der Waals surface area contributed by atoms with E-state index < -0.39 is 84.6 Å². The Morgan fingerprint density at radius 1 is 1.07 bits per heavy atom. The lowest BCUT2D eigenvalue weighted by atomic mass is 9.87. The van der Waals surface area contributed by atoms with Crippen molar-refractivity contribution in [2.24, 2.45) is 5.41 Å². The normalized spacial score (nSPS) is 22.0. The number of ether oxygens (including phenoxy) is 1. The minimum absolute atomic E-state index is 0.0258. The van der Waals surface area contributed by atoms with Crippen molar-refractivity contribution in [3.8, 4) is 0 Å². The van der Waals surface area contributed by atoms with Gasteiger partial charge in [-0.3, -0.25) is 32.5 Å². The van der Waals surface area contributed by atoms with Crippen LogP contribution < -0.4 is 16.4 Å². The van der Waals surface area contributed by atoms with Gasteiger partial charge in [-0.2, -0.15) is 4.31 Å². The van der Waals surface area contributed by atoms with Crippen LogP contribution in [0.25, 0.3) is 11.2 Å². The number of rotatable bonds is 22. The zero-order valence-electron chi connectivity index (χ0n) is 30.0. The molecule has 56 heavy (non-hydrogen) atoms. The monoisotopic (exact) mass is 879 g/mol. The van der Waals surface area contributed by atoms with Crippen LogP contribution in [0.15, 0.2) is 24.3 Å². The molecule has 0 aliphatic carbocycles. The number of hydrogen-bond donors (Lipinski definition) is 10. The van der Waals surface area contributed by atoms with Crippen molar-refractivity contribution in [3.05, 3.63) is 24.3 Å². The summed E-state index contributed by atoms with van der Waals surface area (Å²) in [4.78, 5) is 87.3. The molecule has 25 nitrogen and oxygen atoms in total. The van der Waals surface area contributed by atoms with Crippen LogP contribution in [0.4, 0.5) is 5.82 Å². The summed E-state index contributed by atoms with van der Waals surface area (Å²) in [6.45, 7) is 2.00. The van der Waals surface area contributed by atoms with Gasteiger partial charge < -0.3 is 56.0 Å². The molecule has 316 valence electrons. The number of nitrogen functional groups attached to an aromatic ring is 1. The standard InChI is InChI=1S/C27H44N7O18P3S/c1-15(5-8-35)10-18(37)56-9-7-29-17(36)4-6-30-25(40)22(39)27(2,3)12-49-55(46,47)52-54(44,45)48-11-16-21(51-53(41,42)43)20(38)26(50-16)34-14-33-19-23(28)31-13-32-24(19)34/h10,13-14,16,20-22,26,35,38-39H,4-9,11-12H2,1-3H3,(H,29,36)(H,30,40)(H,44,45)(H,46,47)(H2,28,31,32)(H2,41,42,43)/b15-10+/t16-,20-,21-,22+,26-/m1/s1. The number of nitrogens with one attached hydrogen (secondary N) is 2. The van der Waals surface area contributed by atoms with E-state index in [1.807, 2.05) is 0 Å². The van der Waals surface area contributed by atoms with Crippen LogP contribution in [-0.2, 0) is 50.7 Å². The van der Waals surface area contributed by atoms with Gasteiger partial charge in [0, 0.05) is 37.3 Å². The molecule has 0 aromatic carbocycles. The van der Waals surface area contributed by atoms with Gasteiger partial charge in [0.2, 0.25) is 16.9 Å². The summed E-state index contributed by atoms with van der Waals surface area (Å²) in [7, 11) is -16.4. The quantitative estimate of drug-likeness (QED) is 0.0385. The minimum atomic E-state index is -5.58. The average Bonchev–Trinajstić information content (AvgIpc) is 3.64. The largest absolute Gasteiger partial charge is 0.481 e. The number of aliphatic hydroxyl groups is 3. The summed E-state index contributed by atoms with van der Waals surface area (Å²) < 4.78 is 62.0. The predicted molar refractivity (Wildman–Crippen MR) is 193 cm³/mol. The van der Waals surface area contributed by atoms with E-state index in [9.17, 15) is 57.9 Å². The lowest BCUT2D eigenvalue weighted by Crippen LogP contribution is -2.46. The Kier molecular flexibility index (Phi) is 17.3. The van der Waals surface area contributed by atoms with E-state index in [0.717, 1.165) is 29.0 Å². The molecule has 0 saturated carbocycles. The molecule has 1 fully saturated rings. The SMILES string of the molecule is C/C(=C\C(=O)SCCNC(=O)CCNC(=O)[C@H](O)C(C)(C)COP(=O)(O)OP(=O)(O)OC[C@H]1O[C@@H](n2cnc3c(N)ncnc32)[C@H](O)[C@@H]1OP(=O)(O)O)CCO. The van der Waals surface area contributed by atoms with Crippen LogP contribution in [0.3, 0.4) is 0 Å². The summed E-state index contributed by atoms with van der Waals surface area (Å²) >= 11 is 0.966. The second-order valence-corrected chi connectivity index (χ2v) is 18.0. The zero-order chi connectivity index (χ0) is 42.1. The number of aliphatic hydroxyl groups excluding tert-OH is 3. The molecule has 0 radical (unpaired) electrons. The zero-order valence-corrected chi connectivity index (χ0v) is 33.5. The molecule has 2 unspecified atom stereocenters. The Morgan fingerprint density at radius 3 is 2.41 bits per heavy atom. The van der Waals surface area contributed by atoms with E-state index in [1.54, 1.807) is 6.92 Å². The maximum Gasteiger partial charge on any atom is 0.481 e. The van der Waals surface area contributed by atoms with Crippen molar-refractivity contribution < 1.29 is 85.6 Å². The van der Waals surface area contributed by atoms with Crippen molar-refractivity contribution in [1.29, 1.82) is 0 Å². The van der Waals surface area contributed by atoms with Crippen molar-refractivity contribution >= 4 is 69.1 Å². The first-order valence-corrected chi connectivity index (χ1v) is 21.8. The minimum Gasteiger partial charge on any atom is -0.396 e. The first kappa shape index (κ1) is 47.6. The summed E-state index contributed by atoms with van der Waals surface area (Å²) in [6.07, 6.45) is -5.23. The molecule has 2 aromatic rings. The van der Waals surface area contributed by atoms with Gasteiger partial charge in [-0.25, -0.2) is 28.6 Å². The number of fused-ring (bicyclic) bond motifs is 1. The lowest BCUT2D eigenvalue weighted by Gasteiger charge is -2.30. The highest BCUT2D eigenvalue weighted by atomic mass is 32.2. The second-order valence-electron chi connectivity index (χ2n) is 12.7. The van der Waals surface area contributed by atoms with Crippen molar-refractivity contribution in [2.45, 2.75) is 64.3 Å². The molecule has 7 atom stereocenters. The number of phosphoric acid groups is 3. The van der Waals surface area contributed by atoms with Gasteiger partial charge in [0.1, 0.15) is 36.3 Å². The molecule has 2 amide bonds. The van der Waals surface area contributed by atoms with Crippen molar-refractivity contribution in [2.75, 3.05) is 44.4 Å². The van der Waals surface area contributed by atoms with Crippen LogP contribution in [0.2, 0.25) is 0 Å². The summed E-state index contributed by atoms with van der Waals surface area (Å²) in [5.74, 6) is -1.24. The Morgan fingerprint density at radius 2 is 1.75 bits per heavy atom. The molecule has 1 aliphatic rings. The van der Waals surface area contributed by atoms with Gasteiger partial charge in [0.15, 0.2) is 17.7 Å². The lowest BCUT2D eigenvalue weighted by molar-refractivity contribution is -0.137. The third-order valence-electron chi connectivity index (χ3n) is 7.62. The molecule has 11 N–H and O–H groups in total. The molecule has 2 aromatic heterocycles. The third-order valence-corrected chi connectivity index (χ3v) is 11.5. The van der Waals surface area contributed by atoms with Crippen LogP contribution in [-0.4, -0.2) is 134 Å². The van der Waals surface area contributed by atoms with Crippen LogP contribution in [0, 0.1) is 5.41 Å². The first-order valence-electron chi connectivity index (χ1n) is 16.3. The number of aromatic nitrogens is 4. The van der Waals surface area contributed by atoms with Gasteiger partial charge in [-0.05, 0) is 19.4 Å². The number of thioether (sulfide) groups is 1. The molecule has 0 bridgehead atoms.